The van der Waals surface area contributed by atoms with E-state index in [2.05, 4.69) is 26.0 Å². The Labute approximate surface area is 305 Å². The molecule has 0 bridgehead atoms. The molecule has 0 aliphatic carbocycles. The Balaban J connectivity index is 3.95. The van der Waals surface area contributed by atoms with E-state index in [1.807, 2.05) is 0 Å². The number of esters is 2. The molecule has 0 amide bonds. The van der Waals surface area contributed by atoms with Crippen LogP contribution in [0.5, 0.6) is 0 Å². The van der Waals surface area contributed by atoms with Crippen LogP contribution in [-0.2, 0) is 32.7 Å². The minimum Gasteiger partial charge on any atom is -0.457 e. The molecular formula is C39H75O10P. The average Bonchev–Trinajstić information content (AvgIpc) is 3.10. The molecule has 3 unspecified atom stereocenters. The van der Waals surface area contributed by atoms with Crippen molar-refractivity contribution in [3.8, 4) is 0 Å². The number of aliphatic hydroxyl groups excluding tert-OH is 2. The number of hydrogen-bond donors (Lipinski definition) is 3. The molecule has 0 aromatic rings. The van der Waals surface area contributed by atoms with Crippen LogP contribution in [0.2, 0.25) is 0 Å². The van der Waals surface area contributed by atoms with Gasteiger partial charge in [0.2, 0.25) is 0 Å². The number of rotatable bonds is 38. The lowest BCUT2D eigenvalue weighted by Gasteiger charge is -2.20. The molecule has 0 aliphatic heterocycles. The minimum absolute atomic E-state index is 0.185. The fourth-order valence-corrected chi connectivity index (χ4v) is 6.36. The summed E-state index contributed by atoms with van der Waals surface area (Å²) in [5.74, 6) is -1.02. The molecule has 0 saturated carbocycles. The molecule has 0 heterocycles. The van der Waals surface area contributed by atoms with Crippen molar-refractivity contribution in [3.63, 3.8) is 0 Å². The first-order chi connectivity index (χ1) is 24.3. The van der Waals surface area contributed by atoms with Gasteiger partial charge in [0, 0.05) is 12.8 Å². The second-order valence-electron chi connectivity index (χ2n) is 13.6. The molecule has 50 heavy (non-hydrogen) atoms. The molecule has 3 N–H and O–H groups in total. The lowest BCUT2D eigenvalue weighted by Crippen LogP contribution is -2.28. The minimum atomic E-state index is -4.63. The van der Waals surface area contributed by atoms with Crippen LogP contribution in [0.25, 0.3) is 0 Å². The first kappa shape index (κ1) is 48.7. The zero-order valence-electron chi connectivity index (χ0n) is 31.9. The van der Waals surface area contributed by atoms with E-state index >= 15 is 0 Å². The van der Waals surface area contributed by atoms with Gasteiger partial charge in [-0.25, -0.2) is 4.57 Å². The Morgan fingerprint density at radius 3 is 1.14 bits per heavy atom. The van der Waals surface area contributed by atoms with Crippen LogP contribution in [0.3, 0.4) is 0 Å². The molecule has 0 aromatic heterocycles. The number of carbonyl (C=O) groups excluding carboxylic acids is 2. The summed E-state index contributed by atoms with van der Waals surface area (Å²) in [5.41, 5.74) is 0. The summed E-state index contributed by atoms with van der Waals surface area (Å²) in [5, 5.41) is 19.1. The monoisotopic (exact) mass is 735 g/mol. The number of carbonyl (C=O) groups is 2. The third kappa shape index (κ3) is 33.8. The molecule has 0 saturated heterocycles. The Bertz CT molecular complexity index is 853. The number of aliphatic hydroxyl groups is 2. The van der Waals surface area contributed by atoms with Crippen LogP contribution in [0.4, 0.5) is 0 Å². The number of unbranched alkanes of at least 4 members (excludes halogenated alkanes) is 22. The summed E-state index contributed by atoms with van der Waals surface area (Å²) in [4.78, 5) is 34.4. The highest BCUT2D eigenvalue weighted by molar-refractivity contribution is 7.47. The number of phosphoric ester groups is 1. The van der Waals surface area contributed by atoms with Gasteiger partial charge in [0.25, 0.3) is 0 Å². The maximum atomic E-state index is 12.3. The van der Waals surface area contributed by atoms with Crippen LogP contribution in [0, 0.1) is 0 Å². The van der Waals surface area contributed by atoms with Crippen molar-refractivity contribution >= 4 is 19.8 Å². The molecular weight excluding hydrogens is 659 g/mol. The van der Waals surface area contributed by atoms with Crippen LogP contribution in [-0.4, -0.2) is 65.7 Å². The maximum Gasteiger partial charge on any atom is 0.472 e. The van der Waals surface area contributed by atoms with Gasteiger partial charge in [0.05, 0.1) is 26.4 Å². The van der Waals surface area contributed by atoms with Gasteiger partial charge in [0.15, 0.2) is 0 Å². The van der Waals surface area contributed by atoms with Crippen molar-refractivity contribution in [2.45, 2.75) is 199 Å². The quantitative estimate of drug-likeness (QED) is 0.0242. The highest BCUT2D eigenvalue weighted by Crippen LogP contribution is 2.43. The first-order valence-corrected chi connectivity index (χ1v) is 21.6. The standard InChI is InChI=1S/C39H75O10P/c1-3-5-7-9-11-13-15-16-17-18-19-21-23-25-27-29-31-39(43)49-37(33-41)35-47-50(44,45)46-34-36(32-40)48-38(42)30-28-26-24-22-20-14-12-10-8-6-4-2/h17-18,36-37,40-41H,3-16,19-35H2,1-2H3,(H,44,45)/b18-17-. The van der Waals surface area contributed by atoms with Gasteiger partial charge in [0.1, 0.15) is 12.2 Å². The fraction of sp³-hybridized carbons (Fsp3) is 0.897. The normalized spacial score (nSPS) is 14.1. The molecule has 0 fully saturated rings. The second-order valence-corrected chi connectivity index (χ2v) is 15.1. The van der Waals surface area contributed by atoms with E-state index in [-0.39, 0.29) is 12.8 Å². The van der Waals surface area contributed by atoms with E-state index in [0.717, 1.165) is 51.4 Å². The number of allylic oxidation sites excluding steroid dienone is 2. The van der Waals surface area contributed by atoms with Gasteiger partial charge in [-0.3, -0.25) is 18.6 Å². The molecule has 0 aromatic carbocycles. The Hall–Kier alpha value is -1.29. The van der Waals surface area contributed by atoms with Gasteiger partial charge in [-0.05, 0) is 38.5 Å². The summed E-state index contributed by atoms with van der Waals surface area (Å²) >= 11 is 0. The molecule has 10 nitrogen and oxygen atoms in total. The molecule has 296 valence electrons. The average molecular weight is 735 g/mol. The Morgan fingerprint density at radius 2 is 0.820 bits per heavy atom. The van der Waals surface area contributed by atoms with Crippen molar-refractivity contribution in [1.29, 1.82) is 0 Å². The maximum absolute atomic E-state index is 12.3. The predicted molar refractivity (Wildman–Crippen MR) is 201 cm³/mol. The van der Waals surface area contributed by atoms with E-state index in [1.54, 1.807) is 0 Å². The smallest absolute Gasteiger partial charge is 0.457 e. The van der Waals surface area contributed by atoms with Crippen LogP contribution in [0.15, 0.2) is 12.2 Å². The van der Waals surface area contributed by atoms with Crippen LogP contribution < -0.4 is 0 Å². The number of hydrogen-bond acceptors (Lipinski definition) is 9. The van der Waals surface area contributed by atoms with E-state index in [0.29, 0.717) is 12.8 Å². The van der Waals surface area contributed by atoms with Gasteiger partial charge in [-0.2, -0.15) is 0 Å². The van der Waals surface area contributed by atoms with E-state index in [4.69, 9.17) is 18.5 Å². The third-order valence-corrected chi connectivity index (χ3v) is 9.68. The zero-order chi connectivity index (χ0) is 37.0. The highest BCUT2D eigenvalue weighted by atomic mass is 31.2. The van der Waals surface area contributed by atoms with Crippen LogP contribution in [0.1, 0.15) is 187 Å². The van der Waals surface area contributed by atoms with E-state index in [9.17, 15) is 29.3 Å². The second kappa shape index (κ2) is 36.1. The summed E-state index contributed by atoms with van der Waals surface area (Å²) < 4.78 is 32.5. The molecule has 0 aliphatic rings. The number of ether oxygens (including phenoxy) is 2. The Morgan fingerprint density at radius 1 is 0.520 bits per heavy atom. The topological polar surface area (TPSA) is 149 Å². The summed E-state index contributed by atoms with van der Waals surface area (Å²) in [7, 11) is -4.63. The summed E-state index contributed by atoms with van der Waals surface area (Å²) in [6, 6.07) is 0. The molecule has 0 spiro atoms. The van der Waals surface area contributed by atoms with Crippen molar-refractivity contribution in [2.24, 2.45) is 0 Å². The predicted octanol–water partition coefficient (Wildman–Crippen LogP) is 10.1. The van der Waals surface area contributed by atoms with Crippen molar-refractivity contribution < 1.29 is 47.8 Å². The van der Waals surface area contributed by atoms with E-state index < -0.39 is 58.4 Å². The van der Waals surface area contributed by atoms with Gasteiger partial charge < -0.3 is 24.6 Å². The lowest BCUT2D eigenvalue weighted by molar-refractivity contribution is -0.153. The zero-order valence-corrected chi connectivity index (χ0v) is 32.8. The SMILES string of the molecule is CCCCCCCCC/C=C\CCCCCCCC(=O)OC(CO)COP(=O)(O)OCC(CO)OC(=O)CCCCCCCCCCCCC. The van der Waals surface area contributed by atoms with Crippen molar-refractivity contribution in [2.75, 3.05) is 26.4 Å². The summed E-state index contributed by atoms with van der Waals surface area (Å²) in [6.45, 7) is 2.19. The lowest BCUT2D eigenvalue weighted by atomic mass is 10.1. The first-order valence-electron chi connectivity index (χ1n) is 20.1. The van der Waals surface area contributed by atoms with Crippen molar-refractivity contribution in [1.82, 2.24) is 0 Å². The third-order valence-electron chi connectivity index (χ3n) is 8.73. The highest BCUT2D eigenvalue weighted by Gasteiger charge is 2.27. The largest absolute Gasteiger partial charge is 0.472 e. The van der Waals surface area contributed by atoms with Gasteiger partial charge in [-0.15, -0.1) is 0 Å². The molecule has 0 radical (unpaired) electrons. The van der Waals surface area contributed by atoms with Gasteiger partial charge >= 0.3 is 19.8 Å². The fourth-order valence-electron chi connectivity index (χ4n) is 5.58. The Kier molecular flexibility index (Phi) is 35.2. The van der Waals surface area contributed by atoms with E-state index in [1.165, 1.54) is 96.3 Å². The molecule has 0 rings (SSSR count). The molecule has 3 atom stereocenters. The number of phosphoric acid groups is 1. The molecule has 11 heteroatoms. The van der Waals surface area contributed by atoms with Gasteiger partial charge in [-0.1, -0.05) is 148 Å². The summed E-state index contributed by atoms with van der Waals surface area (Å²) in [6.07, 6.45) is 31.9. The van der Waals surface area contributed by atoms with Crippen molar-refractivity contribution in [3.05, 3.63) is 12.2 Å². The van der Waals surface area contributed by atoms with Crippen LogP contribution >= 0.6 is 7.82 Å².